The molecule has 19 heavy (non-hydrogen) atoms. The first-order valence-electron chi connectivity index (χ1n) is 6.38. The lowest BCUT2D eigenvalue weighted by atomic mass is 9.97. The molecule has 100 valence electrons. The van der Waals surface area contributed by atoms with Crippen LogP contribution >= 0.6 is 0 Å². The summed E-state index contributed by atoms with van der Waals surface area (Å²) in [5.41, 5.74) is 7.21. The molecule has 1 heterocycles. The minimum Gasteiger partial charge on any atom is -0.337 e. The van der Waals surface area contributed by atoms with Crippen LogP contribution in [0.1, 0.15) is 31.2 Å². The van der Waals surface area contributed by atoms with E-state index in [1.807, 2.05) is 13.8 Å². The fourth-order valence-electron chi connectivity index (χ4n) is 2.29. The minimum absolute atomic E-state index is 0.272. The molecule has 2 aromatic rings. The van der Waals surface area contributed by atoms with Crippen molar-refractivity contribution in [2.75, 3.05) is 0 Å². The van der Waals surface area contributed by atoms with Gasteiger partial charge in [-0.2, -0.15) is 4.98 Å². The summed E-state index contributed by atoms with van der Waals surface area (Å²) in [4.78, 5) is 4.38. The van der Waals surface area contributed by atoms with Crippen LogP contribution in [0.25, 0.3) is 11.4 Å². The lowest BCUT2D eigenvalue weighted by Crippen LogP contribution is -2.35. The first-order chi connectivity index (χ1) is 8.98. The fourth-order valence-corrected chi connectivity index (χ4v) is 2.29. The van der Waals surface area contributed by atoms with Gasteiger partial charge in [0.1, 0.15) is 5.82 Å². The third-order valence-corrected chi connectivity index (χ3v) is 3.74. The number of nitrogens with zero attached hydrogens (tertiary/aromatic N) is 2. The summed E-state index contributed by atoms with van der Waals surface area (Å²) in [5.74, 6) is 1.06. The molecule has 0 aliphatic heterocycles. The molecule has 0 bridgehead atoms. The van der Waals surface area contributed by atoms with Gasteiger partial charge in [0, 0.05) is 5.56 Å². The average Bonchev–Trinajstić information content (AvgIpc) is 3.09. The Labute approximate surface area is 110 Å². The van der Waals surface area contributed by atoms with E-state index in [2.05, 4.69) is 10.1 Å². The SMILES string of the molecule is Cc1cc(F)ccc1-c1noc(C(C)(N)C2CC2)n1. The third kappa shape index (κ3) is 2.14. The maximum Gasteiger partial charge on any atom is 0.247 e. The Morgan fingerprint density at radius 3 is 2.79 bits per heavy atom. The number of nitrogens with two attached hydrogens (primary N) is 1. The molecule has 0 radical (unpaired) electrons. The van der Waals surface area contributed by atoms with E-state index in [-0.39, 0.29) is 5.82 Å². The molecular formula is C14H16FN3O. The predicted octanol–water partition coefficient (Wildman–Crippen LogP) is 2.77. The van der Waals surface area contributed by atoms with Crippen molar-refractivity contribution in [1.29, 1.82) is 0 Å². The van der Waals surface area contributed by atoms with Crippen molar-refractivity contribution in [1.82, 2.24) is 10.1 Å². The van der Waals surface area contributed by atoms with E-state index in [1.165, 1.54) is 12.1 Å². The van der Waals surface area contributed by atoms with Gasteiger partial charge in [0.15, 0.2) is 0 Å². The summed E-state index contributed by atoms with van der Waals surface area (Å²) in [6, 6.07) is 4.50. The Morgan fingerprint density at radius 2 is 2.16 bits per heavy atom. The van der Waals surface area contributed by atoms with E-state index < -0.39 is 5.54 Å². The maximum absolute atomic E-state index is 13.1. The second-order valence-corrected chi connectivity index (χ2v) is 5.44. The van der Waals surface area contributed by atoms with Crippen LogP contribution in [0.15, 0.2) is 22.7 Å². The standard InChI is InChI=1S/C14H16FN3O/c1-8-7-10(15)5-6-11(8)12-17-13(19-18-12)14(2,16)9-3-4-9/h5-7,9H,3-4,16H2,1-2H3. The Bertz CT molecular complexity index is 617. The highest BCUT2D eigenvalue weighted by molar-refractivity contribution is 5.59. The van der Waals surface area contributed by atoms with Crippen LogP contribution in [0.2, 0.25) is 0 Å². The van der Waals surface area contributed by atoms with Gasteiger partial charge in [0.2, 0.25) is 11.7 Å². The van der Waals surface area contributed by atoms with Crippen molar-refractivity contribution in [3.05, 3.63) is 35.5 Å². The zero-order chi connectivity index (χ0) is 13.6. The summed E-state index contributed by atoms with van der Waals surface area (Å²) in [5, 5.41) is 3.96. The molecule has 1 saturated carbocycles. The number of halogens is 1. The largest absolute Gasteiger partial charge is 0.337 e. The van der Waals surface area contributed by atoms with E-state index >= 15 is 0 Å². The molecule has 0 amide bonds. The van der Waals surface area contributed by atoms with Gasteiger partial charge >= 0.3 is 0 Å². The van der Waals surface area contributed by atoms with E-state index in [4.69, 9.17) is 10.3 Å². The van der Waals surface area contributed by atoms with Crippen molar-refractivity contribution >= 4 is 0 Å². The lowest BCUT2D eigenvalue weighted by molar-refractivity contribution is 0.273. The first-order valence-corrected chi connectivity index (χ1v) is 6.38. The molecule has 2 N–H and O–H groups in total. The quantitative estimate of drug-likeness (QED) is 0.922. The minimum atomic E-state index is -0.570. The topological polar surface area (TPSA) is 64.9 Å². The van der Waals surface area contributed by atoms with Crippen molar-refractivity contribution in [3.63, 3.8) is 0 Å². The molecule has 0 spiro atoms. The van der Waals surface area contributed by atoms with E-state index in [0.29, 0.717) is 17.6 Å². The van der Waals surface area contributed by atoms with Crippen molar-refractivity contribution in [2.24, 2.45) is 11.7 Å². The van der Waals surface area contributed by atoms with Gasteiger partial charge in [-0.3, -0.25) is 0 Å². The summed E-state index contributed by atoms with van der Waals surface area (Å²) < 4.78 is 18.4. The second-order valence-electron chi connectivity index (χ2n) is 5.44. The number of benzene rings is 1. The number of rotatable bonds is 3. The first kappa shape index (κ1) is 12.3. The van der Waals surface area contributed by atoms with E-state index in [1.54, 1.807) is 6.07 Å². The number of hydrogen-bond acceptors (Lipinski definition) is 4. The number of aryl methyl sites for hydroxylation is 1. The van der Waals surface area contributed by atoms with Crippen molar-refractivity contribution in [2.45, 2.75) is 32.2 Å². The zero-order valence-corrected chi connectivity index (χ0v) is 11.0. The number of aromatic nitrogens is 2. The zero-order valence-electron chi connectivity index (χ0n) is 11.0. The molecular weight excluding hydrogens is 245 g/mol. The monoisotopic (exact) mass is 261 g/mol. The van der Waals surface area contributed by atoms with Crippen LogP contribution in [0.5, 0.6) is 0 Å². The average molecular weight is 261 g/mol. The Kier molecular flexibility index (Phi) is 2.67. The molecule has 1 unspecified atom stereocenters. The van der Waals surface area contributed by atoms with E-state index in [9.17, 15) is 4.39 Å². The van der Waals surface area contributed by atoms with Gasteiger partial charge in [-0.15, -0.1) is 0 Å². The fraction of sp³-hybridized carbons (Fsp3) is 0.429. The van der Waals surface area contributed by atoms with Gasteiger partial charge in [0.25, 0.3) is 0 Å². The Morgan fingerprint density at radius 1 is 1.42 bits per heavy atom. The molecule has 1 aromatic heterocycles. The smallest absolute Gasteiger partial charge is 0.247 e. The Balaban J connectivity index is 1.96. The Hall–Kier alpha value is -1.75. The van der Waals surface area contributed by atoms with Crippen LogP contribution in [0.3, 0.4) is 0 Å². The molecule has 3 rings (SSSR count). The molecule has 1 aliphatic carbocycles. The summed E-state index contributed by atoms with van der Waals surface area (Å²) in [7, 11) is 0. The molecule has 4 nitrogen and oxygen atoms in total. The van der Waals surface area contributed by atoms with Crippen molar-refractivity contribution < 1.29 is 8.91 Å². The lowest BCUT2D eigenvalue weighted by Gasteiger charge is -2.18. The highest BCUT2D eigenvalue weighted by Crippen LogP contribution is 2.43. The molecule has 5 heteroatoms. The summed E-state index contributed by atoms with van der Waals surface area (Å²) in [6.07, 6.45) is 2.20. The van der Waals surface area contributed by atoms with Gasteiger partial charge in [0.05, 0.1) is 5.54 Å². The van der Waals surface area contributed by atoms with Crippen LogP contribution in [0, 0.1) is 18.7 Å². The van der Waals surface area contributed by atoms with Gasteiger partial charge in [-0.1, -0.05) is 5.16 Å². The normalized spacial score (nSPS) is 18.3. The van der Waals surface area contributed by atoms with Gasteiger partial charge in [-0.05, 0) is 56.4 Å². The van der Waals surface area contributed by atoms with Gasteiger partial charge in [-0.25, -0.2) is 4.39 Å². The highest BCUT2D eigenvalue weighted by atomic mass is 19.1. The number of hydrogen-bond donors (Lipinski definition) is 1. The second kappa shape index (κ2) is 4.13. The molecule has 1 fully saturated rings. The van der Waals surface area contributed by atoms with Crippen LogP contribution < -0.4 is 5.73 Å². The molecule has 0 saturated heterocycles. The van der Waals surface area contributed by atoms with Gasteiger partial charge < -0.3 is 10.3 Å². The molecule has 1 aromatic carbocycles. The predicted molar refractivity (Wildman–Crippen MR) is 68.7 cm³/mol. The van der Waals surface area contributed by atoms with Crippen molar-refractivity contribution in [3.8, 4) is 11.4 Å². The summed E-state index contributed by atoms with van der Waals surface area (Å²) >= 11 is 0. The maximum atomic E-state index is 13.1. The molecule has 1 aliphatic rings. The molecule has 1 atom stereocenters. The van der Waals surface area contributed by atoms with Crippen LogP contribution in [-0.2, 0) is 5.54 Å². The summed E-state index contributed by atoms with van der Waals surface area (Å²) in [6.45, 7) is 3.73. The van der Waals surface area contributed by atoms with Crippen LogP contribution in [0.4, 0.5) is 4.39 Å². The highest BCUT2D eigenvalue weighted by Gasteiger charge is 2.43. The van der Waals surface area contributed by atoms with Crippen LogP contribution in [-0.4, -0.2) is 10.1 Å². The van der Waals surface area contributed by atoms with E-state index in [0.717, 1.165) is 24.0 Å². The third-order valence-electron chi connectivity index (χ3n) is 3.74.